The Bertz CT molecular complexity index is 759. The molecule has 2 aromatic heterocycles. The third-order valence-corrected chi connectivity index (χ3v) is 4.57. The summed E-state index contributed by atoms with van der Waals surface area (Å²) in [6, 6.07) is 9.98. The summed E-state index contributed by atoms with van der Waals surface area (Å²) in [5.74, 6) is 0.715. The van der Waals surface area contributed by atoms with Crippen LogP contribution in [0.4, 0.5) is 0 Å². The second kappa shape index (κ2) is 5.19. The zero-order valence-electron chi connectivity index (χ0n) is 10.4. The molecule has 5 heteroatoms. The normalized spacial score (nSPS) is 11.0. The lowest BCUT2D eigenvalue weighted by Crippen LogP contribution is -2.12. The second-order valence-corrected chi connectivity index (χ2v) is 6.16. The molecule has 3 nitrogen and oxygen atoms in total. The summed E-state index contributed by atoms with van der Waals surface area (Å²) >= 11 is 3.18. The Balaban J connectivity index is 1.81. The van der Waals surface area contributed by atoms with Crippen molar-refractivity contribution >= 4 is 28.1 Å². The van der Waals surface area contributed by atoms with Crippen LogP contribution in [0.5, 0.6) is 0 Å². The fraction of sp³-hybridized carbons (Fsp3) is 0.143. The summed E-state index contributed by atoms with van der Waals surface area (Å²) in [5, 5.41) is 1.88. The summed E-state index contributed by atoms with van der Waals surface area (Å²) in [6.45, 7) is 2.07. The molecule has 0 aliphatic rings. The van der Waals surface area contributed by atoms with Crippen LogP contribution in [0.15, 0.2) is 51.6 Å². The Labute approximate surface area is 118 Å². The Hall–Kier alpha value is -1.59. The molecule has 0 fully saturated rings. The lowest BCUT2D eigenvalue weighted by atomic mass is 10.2. The van der Waals surface area contributed by atoms with Crippen molar-refractivity contribution < 1.29 is 0 Å². The van der Waals surface area contributed by atoms with Crippen molar-refractivity contribution in [2.24, 2.45) is 0 Å². The van der Waals surface area contributed by atoms with Gasteiger partial charge in [0.15, 0.2) is 4.96 Å². The predicted octanol–water partition coefficient (Wildman–Crippen LogP) is 3.36. The number of benzene rings is 1. The first-order chi connectivity index (χ1) is 9.22. The van der Waals surface area contributed by atoms with Gasteiger partial charge in [-0.05, 0) is 19.1 Å². The molecule has 0 aliphatic carbocycles. The van der Waals surface area contributed by atoms with Crippen LogP contribution in [0.2, 0.25) is 0 Å². The molecule has 0 saturated carbocycles. The number of aromatic nitrogens is 2. The van der Waals surface area contributed by atoms with Crippen molar-refractivity contribution in [3.05, 3.63) is 63.5 Å². The standard InChI is InChI=1S/C14H12N2OS2/c1-10-2-4-12(5-3-10)19-9-11-8-13(17)16-6-7-18-14(16)15-11/h2-8H,9H2,1H3. The van der Waals surface area contributed by atoms with Crippen LogP contribution < -0.4 is 5.56 Å². The molecular formula is C14H12N2OS2. The van der Waals surface area contributed by atoms with E-state index < -0.39 is 0 Å². The van der Waals surface area contributed by atoms with E-state index in [0.29, 0.717) is 5.75 Å². The van der Waals surface area contributed by atoms with E-state index in [4.69, 9.17) is 0 Å². The quantitative estimate of drug-likeness (QED) is 0.693. The van der Waals surface area contributed by atoms with Crippen molar-refractivity contribution in [2.45, 2.75) is 17.6 Å². The SMILES string of the molecule is Cc1ccc(SCc2cc(=O)n3ccsc3n2)cc1. The Morgan fingerprint density at radius 2 is 2.11 bits per heavy atom. The highest BCUT2D eigenvalue weighted by atomic mass is 32.2. The third-order valence-electron chi connectivity index (χ3n) is 2.76. The molecular weight excluding hydrogens is 276 g/mol. The Kier molecular flexibility index (Phi) is 3.40. The van der Waals surface area contributed by atoms with Crippen LogP contribution in [-0.2, 0) is 5.75 Å². The predicted molar refractivity (Wildman–Crippen MR) is 80.1 cm³/mol. The average molecular weight is 288 g/mol. The van der Waals surface area contributed by atoms with Gasteiger partial charge in [-0.25, -0.2) is 4.98 Å². The molecule has 2 heterocycles. The molecule has 1 aromatic carbocycles. The van der Waals surface area contributed by atoms with Crippen molar-refractivity contribution in [1.82, 2.24) is 9.38 Å². The molecule has 3 aromatic rings. The van der Waals surface area contributed by atoms with Gasteiger partial charge in [-0.2, -0.15) is 0 Å². The third kappa shape index (κ3) is 2.72. The first kappa shape index (κ1) is 12.4. The van der Waals surface area contributed by atoms with E-state index in [1.807, 2.05) is 5.38 Å². The largest absolute Gasteiger partial charge is 0.269 e. The summed E-state index contributed by atoms with van der Waals surface area (Å²) in [4.78, 5) is 18.3. The second-order valence-electron chi connectivity index (χ2n) is 4.24. The monoisotopic (exact) mass is 288 g/mol. The van der Waals surface area contributed by atoms with E-state index in [-0.39, 0.29) is 5.56 Å². The number of fused-ring (bicyclic) bond motifs is 1. The van der Waals surface area contributed by atoms with Crippen LogP contribution in [-0.4, -0.2) is 9.38 Å². The lowest BCUT2D eigenvalue weighted by Gasteiger charge is -2.02. The topological polar surface area (TPSA) is 34.4 Å². The number of hydrogen-bond acceptors (Lipinski definition) is 4. The molecule has 0 saturated heterocycles. The molecule has 0 spiro atoms. The van der Waals surface area contributed by atoms with Crippen molar-refractivity contribution in [3.8, 4) is 0 Å². The summed E-state index contributed by atoms with van der Waals surface area (Å²) < 4.78 is 1.57. The van der Waals surface area contributed by atoms with E-state index in [1.54, 1.807) is 28.4 Å². The molecule has 0 atom stereocenters. The Morgan fingerprint density at radius 3 is 2.89 bits per heavy atom. The minimum Gasteiger partial charge on any atom is -0.269 e. The van der Waals surface area contributed by atoms with Crippen LogP contribution in [0.3, 0.4) is 0 Å². The van der Waals surface area contributed by atoms with Gasteiger partial charge in [-0.15, -0.1) is 23.1 Å². The maximum absolute atomic E-state index is 11.8. The average Bonchev–Trinajstić information content (AvgIpc) is 2.87. The first-order valence-corrected chi connectivity index (χ1v) is 7.74. The highest BCUT2D eigenvalue weighted by molar-refractivity contribution is 7.98. The molecule has 0 unspecified atom stereocenters. The van der Waals surface area contributed by atoms with Gasteiger partial charge in [-0.3, -0.25) is 9.20 Å². The van der Waals surface area contributed by atoms with Crippen LogP contribution >= 0.6 is 23.1 Å². The number of nitrogens with zero attached hydrogens (tertiary/aromatic N) is 2. The van der Waals surface area contributed by atoms with Gasteiger partial charge in [0, 0.05) is 28.3 Å². The van der Waals surface area contributed by atoms with E-state index in [9.17, 15) is 4.79 Å². The molecule has 3 rings (SSSR count). The van der Waals surface area contributed by atoms with E-state index in [1.165, 1.54) is 21.8 Å². The molecule has 0 amide bonds. The van der Waals surface area contributed by atoms with Crippen molar-refractivity contribution in [2.75, 3.05) is 0 Å². The fourth-order valence-corrected chi connectivity index (χ4v) is 3.28. The molecule has 0 bridgehead atoms. The number of hydrogen-bond donors (Lipinski definition) is 0. The van der Waals surface area contributed by atoms with Gasteiger partial charge < -0.3 is 0 Å². The molecule has 0 N–H and O–H groups in total. The van der Waals surface area contributed by atoms with Gasteiger partial charge in [0.2, 0.25) is 0 Å². The van der Waals surface area contributed by atoms with Crippen molar-refractivity contribution in [3.63, 3.8) is 0 Å². The zero-order valence-corrected chi connectivity index (χ0v) is 12.0. The lowest BCUT2D eigenvalue weighted by molar-refractivity contribution is 1.04. The molecule has 0 radical (unpaired) electrons. The summed E-state index contributed by atoms with van der Waals surface area (Å²) in [5.41, 5.74) is 2.07. The first-order valence-electron chi connectivity index (χ1n) is 5.87. The maximum atomic E-state index is 11.8. The number of aryl methyl sites for hydroxylation is 1. The molecule has 0 aliphatic heterocycles. The van der Waals surface area contributed by atoms with Crippen molar-refractivity contribution in [1.29, 1.82) is 0 Å². The number of rotatable bonds is 3. The van der Waals surface area contributed by atoms with Crippen LogP contribution in [0, 0.1) is 6.92 Å². The van der Waals surface area contributed by atoms with Gasteiger partial charge >= 0.3 is 0 Å². The van der Waals surface area contributed by atoms with Gasteiger partial charge in [-0.1, -0.05) is 17.7 Å². The highest BCUT2D eigenvalue weighted by Gasteiger charge is 2.04. The van der Waals surface area contributed by atoms with Gasteiger partial charge in [0.05, 0.1) is 5.69 Å². The van der Waals surface area contributed by atoms with Gasteiger partial charge in [0.25, 0.3) is 5.56 Å². The van der Waals surface area contributed by atoms with E-state index in [0.717, 1.165) is 10.7 Å². The highest BCUT2D eigenvalue weighted by Crippen LogP contribution is 2.22. The zero-order chi connectivity index (χ0) is 13.2. The molecule has 19 heavy (non-hydrogen) atoms. The minimum atomic E-state index is -0.00856. The van der Waals surface area contributed by atoms with Crippen LogP contribution in [0.1, 0.15) is 11.3 Å². The van der Waals surface area contributed by atoms with Gasteiger partial charge in [0.1, 0.15) is 0 Å². The van der Waals surface area contributed by atoms with E-state index >= 15 is 0 Å². The summed E-state index contributed by atoms with van der Waals surface area (Å²) in [7, 11) is 0. The fourth-order valence-electron chi connectivity index (χ4n) is 1.75. The smallest absolute Gasteiger partial charge is 0.258 e. The number of thioether (sulfide) groups is 1. The maximum Gasteiger partial charge on any atom is 0.258 e. The Morgan fingerprint density at radius 1 is 1.32 bits per heavy atom. The number of thiazole rings is 1. The van der Waals surface area contributed by atoms with E-state index in [2.05, 4.69) is 36.2 Å². The molecule has 96 valence electrons. The summed E-state index contributed by atoms with van der Waals surface area (Å²) in [6.07, 6.45) is 1.76. The minimum absolute atomic E-state index is 0.00856. The van der Waals surface area contributed by atoms with Crippen LogP contribution in [0.25, 0.3) is 4.96 Å².